The van der Waals surface area contributed by atoms with Crippen LogP contribution < -0.4 is 28.7 Å². The minimum Gasteiger partial charge on any atom is -0.493 e. The Bertz CT molecular complexity index is 1880. The van der Waals surface area contributed by atoms with Crippen molar-refractivity contribution in [2.24, 2.45) is 9.98 Å². The summed E-state index contributed by atoms with van der Waals surface area (Å²) >= 11 is 0. The molecule has 0 radical (unpaired) electrons. The van der Waals surface area contributed by atoms with E-state index in [-0.39, 0.29) is 23.9 Å². The Morgan fingerprint density at radius 3 is 1.51 bits per heavy atom. The van der Waals surface area contributed by atoms with E-state index in [2.05, 4.69) is 12.1 Å². The van der Waals surface area contributed by atoms with Gasteiger partial charge in [0.15, 0.2) is 23.0 Å². The first-order chi connectivity index (χ1) is 24.0. The number of fused-ring (bicyclic) bond motifs is 8. The number of aliphatic imine (C=N–C) groups is 2. The van der Waals surface area contributed by atoms with E-state index in [1.54, 1.807) is 38.5 Å². The molecule has 0 N–H and O–H groups in total. The predicted molar refractivity (Wildman–Crippen MR) is 189 cm³/mol. The SMILES string of the molecule is COc1cc2c(cc1OCCCCCOc1cc3c(cc1OC)C(=O)N1c4ccccc4C[C@H]1C=N3)N=C[C@@H]1Cc3ccccc3N1C2=O. The average Bonchev–Trinajstić information content (AvgIpc) is 3.62. The second-order valence-electron chi connectivity index (χ2n) is 12.5. The lowest BCUT2D eigenvalue weighted by atomic mass is 10.1. The molecule has 248 valence electrons. The highest BCUT2D eigenvalue weighted by atomic mass is 16.5. The van der Waals surface area contributed by atoms with Gasteiger partial charge in [-0.1, -0.05) is 36.4 Å². The van der Waals surface area contributed by atoms with Gasteiger partial charge in [-0.2, -0.15) is 0 Å². The molecule has 4 heterocycles. The Morgan fingerprint density at radius 2 is 1.06 bits per heavy atom. The second-order valence-corrected chi connectivity index (χ2v) is 12.5. The summed E-state index contributed by atoms with van der Waals surface area (Å²) in [6.07, 6.45) is 7.63. The van der Waals surface area contributed by atoms with Crippen molar-refractivity contribution < 1.29 is 28.5 Å². The van der Waals surface area contributed by atoms with Gasteiger partial charge in [0.1, 0.15) is 0 Å². The number of nitrogens with zero attached hydrogens (tertiary/aromatic N) is 4. The fourth-order valence-electron chi connectivity index (χ4n) is 7.12. The van der Waals surface area contributed by atoms with Crippen LogP contribution in [0.1, 0.15) is 51.1 Å². The highest BCUT2D eigenvalue weighted by Crippen LogP contribution is 2.42. The quantitative estimate of drug-likeness (QED) is 0.172. The number of anilines is 2. The number of rotatable bonds is 10. The number of unbranched alkanes of at least 4 members (excludes halogenated alkanes) is 2. The lowest BCUT2D eigenvalue weighted by molar-refractivity contribution is 0.0978. The molecule has 4 aliphatic heterocycles. The van der Waals surface area contributed by atoms with Gasteiger partial charge in [-0.15, -0.1) is 0 Å². The Kier molecular flexibility index (Phi) is 7.99. The van der Waals surface area contributed by atoms with Crippen molar-refractivity contribution in [2.75, 3.05) is 37.2 Å². The number of para-hydroxylation sites is 2. The summed E-state index contributed by atoms with van der Waals surface area (Å²) < 4.78 is 23.5. The van der Waals surface area contributed by atoms with E-state index < -0.39 is 0 Å². The zero-order valence-electron chi connectivity index (χ0n) is 27.4. The van der Waals surface area contributed by atoms with Crippen molar-refractivity contribution in [3.8, 4) is 23.0 Å². The lowest BCUT2D eigenvalue weighted by Crippen LogP contribution is -2.37. The van der Waals surface area contributed by atoms with E-state index in [1.165, 1.54) is 0 Å². The maximum Gasteiger partial charge on any atom is 0.261 e. The van der Waals surface area contributed by atoms with Gasteiger partial charge < -0.3 is 18.9 Å². The van der Waals surface area contributed by atoms with Crippen LogP contribution in [0.15, 0.2) is 82.8 Å². The Balaban J connectivity index is 0.871. The normalized spacial score (nSPS) is 18.1. The number of amides is 2. The Labute approximate surface area is 284 Å². The van der Waals surface area contributed by atoms with Crippen molar-refractivity contribution in [3.05, 3.63) is 95.1 Å². The van der Waals surface area contributed by atoms with Crippen molar-refractivity contribution >= 4 is 47.0 Å². The zero-order chi connectivity index (χ0) is 33.5. The number of carbonyl (C=O) groups excluding carboxylic acids is 2. The predicted octanol–water partition coefficient (Wildman–Crippen LogP) is 6.91. The third-order valence-corrected chi connectivity index (χ3v) is 9.56. The fourth-order valence-corrected chi connectivity index (χ4v) is 7.12. The van der Waals surface area contributed by atoms with Crippen LogP contribution in [-0.4, -0.2) is 63.8 Å². The summed E-state index contributed by atoms with van der Waals surface area (Å²) in [7, 11) is 3.15. The molecule has 0 unspecified atom stereocenters. The summed E-state index contributed by atoms with van der Waals surface area (Å²) in [5, 5.41) is 0. The Hall–Kier alpha value is -5.64. The molecule has 0 aliphatic carbocycles. The van der Waals surface area contributed by atoms with Crippen molar-refractivity contribution in [1.29, 1.82) is 0 Å². The summed E-state index contributed by atoms with van der Waals surface area (Å²) in [5.74, 6) is 1.92. The number of carbonyl (C=O) groups is 2. The molecule has 0 aromatic heterocycles. The van der Waals surface area contributed by atoms with Crippen LogP contribution in [0.5, 0.6) is 23.0 Å². The minimum absolute atomic E-state index is 0.0945. The third-order valence-electron chi connectivity index (χ3n) is 9.56. The van der Waals surface area contributed by atoms with Crippen LogP contribution in [0.25, 0.3) is 0 Å². The summed E-state index contributed by atoms with van der Waals surface area (Å²) in [4.78, 5) is 40.3. The van der Waals surface area contributed by atoms with Gasteiger partial charge in [-0.05, 0) is 54.7 Å². The average molecular weight is 657 g/mol. The molecule has 8 rings (SSSR count). The fraction of sp³-hybridized carbons (Fsp3) is 0.282. The third kappa shape index (κ3) is 5.47. The standard InChI is InChI=1S/C39H36N4O6/c1-46-34-18-28-30(40-22-26-16-24-10-4-6-12-32(24)42(26)38(28)44)20-36(34)48-14-8-3-9-15-49-37-21-31-29(19-35(37)47-2)39(45)43-27(23-41-31)17-25-11-5-7-13-33(25)43/h4-7,10-13,18-23,26-27H,3,8-9,14-17H2,1-2H3/t26-,27-/m0/s1. The van der Waals surface area contributed by atoms with E-state index >= 15 is 0 Å². The molecule has 0 fully saturated rings. The first kappa shape index (κ1) is 30.7. The van der Waals surface area contributed by atoms with Gasteiger partial charge in [0.05, 0.1) is 62.0 Å². The molecule has 0 bridgehead atoms. The van der Waals surface area contributed by atoms with Gasteiger partial charge in [-0.3, -0.25) is 29.4 Å². The van der Waals surface area contributed by atoms with Crippen LogP contribution in [0.2, 0.25) is 0 Å². The second kappa shape index (κ2) is 12.8. The van der Waals surface area contributed by atoms with Crippen LogP contribution in [-0.2, 0) is 12.8 Å². The lowest BCUT2D eigenvalue weighted by Gasteiger charge is -2.22. The molecule has 4 aliphatic rings. The maximum absolute atomic E-state index is 13.7. The molecule has 49 heavy (non-hydrogen) atoms. The first-order valence-electron chi connectivity index (χ1n) is 16.6. The number of hydrogen-bond acceptors (Lipinski definition) is 8. The molecule has 0 saturated carbocycles. The number of hydrogen-bond donors (Lipinski definition) is 0. The van der Waals surface area contributed by atoms with Crippen LogP contribution in [0.4, 0.5) is 22.7 Å². The maximum atomic E-state index is 13.7. The van der Waals surface area contributed by atoms with E-state index in [0.717, 1.165) is 54.6 Å². The zero-order valence-corrected chi connectivity index (χ0v) is 27.4. The molecule has 10 nitrogen and oxygen atoms in total. The summed E-state index contributed by atoms with van der Waals surface area (Å²) in [6.45, 7) is 0.934. The number of methoxy groups -OCH3 is 2. The number of benzene rings is 4. The smallest absolute Gasteiger partial charge is 0.261 e. The molecule has 0 saturated heterocycles. The summed E-state index contributed by atoms with van der Waals surface area (Å²) in [6, 6.07) is 22.8. The van der Waals surface area contributed by atoms with E-state index in [1.807, 2.05) is 58.6 Å². The molecule has 2 amide bonds. The molecule has 10 heteroatoms. The van der Waals surface area contributed by atoms with Crippen molar-refractivity contribution in [3.63, 3.8) is 0 Å². The van der Waals surface area contributed by atoms with Gasteiger partial charge >= 0.3 is 0 Å². The molecular weight excluding hydrogens is 620 g/mol. The van der Waals surface area contributed by atoms with Crippen LogP contribution in [0.3, 0.4) is 0 Å². The first-order valence-corrected chi connectivity index (χ1v) is 16.6. The highest BCUT2D eigenvalue weighted by molar-refractivity contribution is 6.15. The van der Waals surface area contributed by atoms with Crippen LogP contribution in [0, 0.1) is 0 Å². The molecule has 0 spiro atoms. The minimum atomic E-state index is -0.119. The molecule has 2 atom stereocenters. The summed E-state index contributed by atoms with van der Waals surface area (Å²) in [5.41, 5.74) is 6.27. The highest BCUT2D eigenvalue weighted by Gasteiger charge is 2.38. The largest absolute Gasteiger partial charge is 0.493 e. The molecule has 4 aromatic rings. The van der Waals surface area contributed by atoms with Gasteiger partial charge in [-0.25, -0.2) is 0 Å². The van der Waals surface area contributed by atoms with Gasteiger partial charge in [0, 0.05) is 48.8 Å². The van der Waals surface area contributed by atoms with Crippen molar-refractivity contribution in [1.82, 2.24) is 0 Å². The van der Waals surface area contributed by atoms with Gasteiger partial charge in [0.2, 0.25) is 0 Å². The van der Waals surface area contributed by atoms with E-state index in [0.29, 0.717) is 58.7 Å². The topological polar surface area (TPSA) is 102 Å². The monoisotopic (exact) mass is 656 g/mol. The van der Waals surface area contributed by atoms with Crippen molar-refractivity contribution in [2.45, 2.75) is 44.2 Å². The molecular formula is C39H36N4O6. The van der Waals surface area contributed by atoms with E-state index in [4.69, 9.17) is 28.9 Å². The van der Waals surface area contributed by atoms with Crippen LogP contribution >= 0.6 is 0 Å². The number of ether oxygens (including phenoxy) is 4. The Morgan fingerprint density at radius 1 is 0.612 bits per heavy atom. The van der Waals surface area contributed by atoms with E-state index in [9.17, 15) is 9.59 Å². The molecule has 4 aromatic carbocycles. The van der Waals surface area contributed by atoms with Gasteiger partial charge in [0.25, 0.3) is 11.8 Å².